The molecule has 0 spiro atoms. The number of hydrogen-bond donors (Lipinski definition) is 3. The number of rotatable bonds is 4. The summed E-state index contributed by atoms with van der Waals surface area (Å²) < 4.78 is 40.0. The van der Waals surface area contributed by atoms with Crippen LogP contribution in [-0.2, 0) is 16.6 Å². The number of hydrogen-bond acceptors (Lipinski definition) is 5. The maximum absolute atomic E-state index is 13.8. The zero-order valence-corrected chi connectivity index (χ0v) is 13.0. The Balaban J connectivity index is 2.29. The Hall–Kier alpha value is -1.23. The molecule has 0 saturated carbocycles. The summed E-state index contributed by atoms with van der Waals surface area (Å²) in [5.41, 5.74) is 6.01. The number of anilines is 1. The zero-order valence-electron chi connectivity index (χ0n) is 9.81. The van der Waals surface area contributed by atoms with Gasteiger partial charge >= 0.3 is 4.87 Å². The highest BCUT2D eigenvalue weighted by atomic mass is 79.9. The number of H-pyrrole nitrogens is 1. The second-order valence-electron chi connectivity index (χ2n) is 3.81. The van der Waals surface area contributed by atoms with Gasteiger partial charge in [-0.1, -0.05) is 11.3 Å². The molecule has 1 aromatic carbocycles. The van der Waals surface area contributed by atoms with Crippen molar-refractivity contribution in [1.82, 2.24) is 9.71 Å². The minimum absolute atomic E-state index is 0.0400. The van der Waals surface area contributed by atoms with Crippen LogP contribution in [0.25, 0.3) is 0 Å². The van der Waals surface area contributed by atoms with Crippen molar-refractivity contribution in [2.45, 2.75) is 11.4 Å². The molecule has 4 N–H and O–H groups in total. The number of nitrogen functional groups attached to an aromatic ring is 1. The number of aromatic amines is 1. The van der Waals surface area contributed by atoms with Crippen molar-refractivity contribution < 1.29 is 12.8 Å². The number of nitrogens with two attached hydrogens (primary N) is 1. The lowest BCUT2D eigenvalue weighted by atomic mass is 10.3. The largest absolute Gasteiger partial charge is 0.399 e. The van der Waals surface area contributed by atoms with E-state index in [1.165, 1.54) is 11.4 Å². The molecule has 0 unspecified atom stereocenters. The number of benzene rings is 1. The van der Waals surface area contributed by atoms with Crippen LogP contribution in [0.1, 0.15) is 5.69 Å². The van der Waals surface area contributed by atoms with Crippen molar-refractivity contribution in [1.29, 1.82) is 0 Å². The SMILES string of the molecule is Nc1cc(Br)c(F)c(S(=O)(=O)NCc2csc(=O)[nH]2)c1. The van der Waals surface area contributed by atoms with Crippen LogP contribution in [-0.4, -0.2) is 13.4 Å². The summed E-state index contributed by atoms with van der Waals surface area (Å²) in [5, 5.41) is 1.48. The van der Waals surface area contributed by atoms with Gasteiger partial charge < -0.3 is 10.7 Å². The van der Waals surface area contributed by atoms with Gasteiger partial charge in [0.1, 0.15) is 4.90 Å². The lowest BCUT2D eigenvalue weighted by Gasteiger charge is -2.09. The van der Waals surface area contributed by atoms with Crippen LogP contribution in [0, 0.1) is 5.82 Å². The average molecular weight is 382 g/mol. The van der Waals surface area contributed by atoms with Crippen LogP contribution in [0.3, 0.4) is 0 Å². The molecule has 0 saturated heterocycles. The molecule has 0 atom stereocenters. The van der Waals surface area contributed by atoms with E-state index >= 15 is 0 Å². The van der Waals surface area contributed by atoms with Gasteiger partial charge in [-0.15, -0.1) is 0 Å². The number of nitrogens with one attached hydrogen (secondary N) is 2. The van der Waals surface area contributed by atoms with Gasteiger partial charge in [-0.3, -0.25) is 4.79 Å². The van der Waals surface area contributed by atoms with E-state index in [2.05, 4.69) is 25.6 Å². The van der Waals surface area contributed by atoms with Gasteiger partial charge in [0.25, 0.3) is 0 Å². The fraction of sp³-hybridized carbons (Fsp3) is 0.100. The van der Waals surface area contributed by atoms with Crippen molar-refractivity contribution >= 4 is 43.0 Å². The molecule has 6 nitrogen and oxygen atoms in total. The quantitative estimate of drug-likeness (QED) is 0.695. The third-order valence-electron chi connectivity index (χ3n) is 2.33. The molecule has 2 aromatic rings. The van der Waals surface area contributed by atoms with Crippen molar-refractivity contribution in [2.75, 3.05) is 5.73 Å². The first-order chi connectivity index (χ1) is 9.29. The molecular formula is C10H9BrFN3O3S2. The Morgan fingerprint density at radius 2 is 2.15 bits per heavy atom. The first-order valence-corrected chi connectivity index (χ1v) is 8.36. The van der Waals surface area contributed by atoms with Gasteiger partial charge in [0.05, 0.1) is 11.0 Å². The lowest BCUT2D eigenvalue weighted by molar-refractivity contribution is 0.553. The monoisotopic (exact) mass is 381 g/mol. The lowest BCUT2D eigenvalue weighted by Crippen LogP contribution is -2.25. The van der Waals surface area contributed by atoms with E-state index < -0.39 is 20.7 Å². The molecule has 1 aromatic heterocycles. The van der Waals surface area contributed by atoms with Crippen LogP contribution >= 0.6 is 27.3 Å². The van der Waals surface area contributed by atoms with Crippen molar-refractivity contribution in [2.24, 2.45) is 0 Å². The predicted octanol–water partition coefficient (Wildman–Crippen LogP) is 1.40. The highest BCUT2D eigenvalue weighted by Gasteiger charge is 2.21. The van der Waals surface area contributed by atoms with Crippen LogP contribution in [0.4, 0.5) is 10.1 Å². The smallest absolute Gasteiger partial charge is 0.304 e. The van der Waals surface area contributed by atoms with E-state index in [1.807, 2.05) is 0 Å². The van der Waals surface area contributed by atoms with Gasteiger partial charge in [0.15, 0.2) is 5.82 Å². The van der Waals surface area contributed by atoms with Gasteiger partial charge in [0.2, 0.25) is 10.0 Å². The van der Waals surface area contributed by atoms with E-state index in [1.54, 1.807) is 0 Å². The minimum atomic E-state index is -4.08. The van der Waals surface area contributed by atoms with Crippen molar-refractivity contribution in [3.8, 4) is 0 Å². The predicted molar refractivity (Wildman–Crippen MR) is 77.5 cm³/mol. The Labute approximate surface area is 126 Å². The molecule has 0 aliphatic heterocycles. The van der Waals surface area contributed by atoms with Crippen LogP contribution in [0.2, 0.25) is 0 Å². The number of thiazole rings is 1. The van der Waals surface area contributed by atoms with E-state index in [4.69, 9.17) is 5.73 Å². The fourth-order valence-electron chi connectivity index (χ4n) is 1.43. The summed E-state index contributed by atoms with van der Waals surface area (Å²) in [7, 11) is -4.08. The number of halogens is 2. The molecule has 10 heteroatoms. The summed E-state index contributed by atoms with van der Waals surface area (Å²) in [5.74, 6) is -0.925. The average Bonchev–Trinajstić information content (AvgIpc) is 2.77. The minimum Gasteiger partial charge on any atom is -0.399 e. The third-order valence-corrected chi connectivity index (χ3v) is 5.03. The summed E-state index contributed by atoms with van der Waals surface area (Å²) >= 11 is 3.81. The number of aromatic nitrogens is 1. The summed E-state index contributed by atoms with van der Waals surface area (Å²) in [6, 6.07) is 2.30. The molecule has 0 bridgehead atoms. The maximum atomic E-state index is 13.8. The normalized spacial score (nSPS) is 11.7. The molecule has 2 rings (SSSR count). The molecule has 0 amide bonds. The molecule has 0 aliphatic carbocycles. The van der Waals surface area contributed by atoms with Crippen molar-refractivity contribution in [3.63, 3.8) is 0 Å². The standard InChI is InChI=1S/C10H9BrFN3O3S2/c11-7-1-5(13)2-8(9(7)12)20(17,18)14-3-6-4-19-10(16)15-6/h1-2,4,14H,3,13H2,(H,15,16). The highest BCUT2D eigenvalue weighted by Crippen LogP contribution is 2.26. The molecule has 108 valence electrons. The van der Waals surface area contributed by atoms with Gasteiger partial charge in [-0.05, 0) is 28.1 Å². The van der Waals surface area contributed by atoms with E-state index in [-0.39, 0.29) is 21.6 Å². The van der Waals surface area contributed by atoms with Crippen LogP contribution in [0.15, 0.2) is 31.7 Å². The van der Waals surface area contributed by atoms with Crippen LogP contribution in [0.5, 0.6) is 0 Å². The Kier molecular flexibility index (Phi) is 4.28. The summed E-state index contributed by atoms with van der Waals surface area (Å²) in [6.45, 7) is -0.146. The molecule has 0 fully saturated rings. The molecule has 20 heavy (non-hydrogen) atoms. The zero-order chi connectivity index (χ0) is 14.9. The van der Waals surface area contributed by atoms with E-state index in [0.717, 1.165) is 17.4 Å². The summed E-state index contributed by atoms with van der Waals surface area (Å²) in [4.78, 5) is 12.5. The van der Waals surface area contributed by atoms with Crippen LogP contribution < -0.4 is 15.3 Å². The second kappa shape index (κ2) is 5.64. The molecule has 0 radical (unpaired) electrons. The van der Waals surface area contributed by atoms with Gasteiger partial charge in [0, 0.05) is 16.8 Å². The topological polar surface area (TPSA) is 105 Å². The Bertz CT molecular complexity index is 800. The van der Waals surface area contributed by atoms with E-state index in [0.29, 0.717) is 5.69 Å². The molecule has 0 aliphatic rings. The molecular weight excluding hydrogens is 373 g/mol. The second-order valence-corrected chi connectivity index (χ2v) is 7.24. The first-order valence-electron chi connectivity index (χ1n) is 5.20. The maximum Gasteiger partial charge on any atom is 0.304 e. The summed E-state index contributed by atoms with van der Waals surface area (Å²) in [6.07, 6.45) is 0. The highest BCUT2D eigenvalue weighted by molar-refractivity contribution is 9.10. The van der Waals surface area contributed by atoms with Crippen molar-refractivity contribution in [3.05, 3.63) is 43.2 Å². The van der Waals surface area contributed by atoms with E-state index in [9.17, 15) is 17.6 Å². The third kappa shape index (κ3) is 3.26. The fourth-order valence-corrected chi connectivity index (χ4v) is 3.76. The molecule has 1 heterocycles. The Morgan fingerprint density at radius 3 is 2.75 bits per heavy atom. The van der Waals surface area contributed by atoms with Gasteiger partial charge in [-0.2, -0.15) is 0 Å². The number of sulfonamides is 1. The first kappa shape index (κ1) is 15.2. The van der Waals surface area contributed by atoms with Gasteiger partial charge in [-0.25, -0.2) is 17.5 Å². The Morgan fingerprint density at radius 1 is 1.45 bits per heavy atom.